The average Bonchev–Trinajstić information content (AvgIpc) is 3.26. The van der Waals surface area contributed by atoms with Crippen LogP contribution in [-0.4, -0.2) is 65.0 Å². The van der Waals surface area contributed by atoms with Crippen LogP contribution >= 0.6 is 0 Å². The molecular formula is C21H25NO5. The van der Waals surface area contributed by atoms with E-state index in [2.05, 4.69) is 11.5 Å². The Hall–Kier alpha value is -1.60. The number of piperidine rings is 1. The minimum Gasteiger partial charge on any atom is -0.504 e. The molecule has 0 amide bonds. The van der Waals surface area contributed by atoms with Crippen molar-refractivity contribution >= 4 is 0 Å². The lowest BCUT2D eigenvalue weighted by molar-refractivity contribution is -0.296. The van der Waals surface area contributed by atoms with Crippen molar-refractivity contribution in [3.05, 3.63) is 35.9 Å². The van der Waals surface area contributed by atoms with Gasteiger partial charge in [-0.3, -0.25) is 4.90 Å². The molecule has 1 aromatic carbocycles. The van der Waals surface area contributed by atoms with Gasteiger partial charge in [-0.25, -0.2) is 0 Å². The first-order valence-corrected chi connectivity index (χ1v) is 9.93. The van der Waals surface area contributed by atoms with Gasteiger partial charge in [-0.15, -0.1) is 6.58 Å². The van der Waals surface area contributed by atoms with E-state index in [1.54, 1.807) is 6.07 Å². The highest BCUT2D eigenvalue weighted by molar-refractivity contribution is 5.62. The van der Waals surface area contributed by atoms with Gasteiger partial charge in [0, 0.05) is 24.6 Å². The van der Waals surface area contributed by atoms with E-state index in [1.165, 1.54) is 0 Å². The third kappa shape index (κ3) is 1.68. The summed E-state index contributed by atoms with van der Waals surface area (Å²) in [6, 6.07) is 3.70. The highest BCUT2D eigenvalue weighted by atomic mass is 16.8. The highest BCUT2D eigenvalue weighted by Crippen LogP contribution is 2.67. The molecule has 1 saturated carbocycles. The maximum absolute atomic E-state index is 12.2. The molecule has 144 valence electrons. The SMILES string of the molecule is C=CCN1CC[C@]23c4c5ccc(O)c4OC2C2(CC[C@@]3(O)[C@H]1C5)OCCO2. The zero-order valence-electron chi connectivity index (χ0n) is 15.3. The van der Waals surface area contributed by atoms with Crippen LogP contribution in [-0.2, 0) is 21.3 Å². The summed E-state index contributed by atoms with van der Waals surface area (Å²) in [5, 5.41) is 22.7. The van der Waals surface area contributed by atoms with Crippen molar-refractivity contribution < 1.29 is 24.4 Å². The Kier molecular flexibility index (Phi) is 3.06. The molecule has 27 heavy (non-hydrogen) atoms. The molecule has 1 aromatic rings. The van der Waals surface area contributed by atoms with Crippen molar-refractivity contribution in [2.24, 2.45) is 0 Å². The second-order valence-electron chi connectivity index (χ2n) is 8.60. The van der Waals surface area contributed by atoms with Crippen molar-refractivity contribution in [2.75, 3.05) is 26.3 Å². The van der Waals surface area contributed by atoms with Gasteiger partial charge in [-0.05, 0) is 37.4 Å². The van der Waals surface area contributed by atoms with Gasteiger partial charge in [0.2, 0.25) is 5.79 Å². The number of phenols is 1. The lowest BCUT2D eigenvalue weighted by atomic mass is 9.48. The topological polar surface area (TPSA) is 71.4 Å². The van der Waals surface area contributed by atoms with Gasteiger partial charge < -0.3 is 24.4 Å². The Bertz CT molecular complexity index is 834. The van der Waals surface area contributed by atoms with Crippen LogP contribution in [0.2, 0.25) is 0 Å². The summed E-state index contributed by atoms with van der Waals surface area (Å²) in [6.45, 7) is 6.59. The fraction of sp³-hybridized carbons (Fsp3) is 0.619. The van der Waals surface area contributed by atoms with Crippen molar-refractivity contribution in [1.29, 1.82) is 0 Å². The molecule has 3 heterocycles. The summed E-state index contributed by atoms with van der Waals surface area (Å²) >= 11 is 0. The number of ether oxygens (including phenoxy) is 3. The van der Waals surface area contributed by atoms with Gasteiger partial charge >= 0.3 is 0 Å². The lowest BCUT2D eigenvalue weighted by Crippen LogP contribution is -2.79. The summed E-state index contributed by atoms with van der Waals surface area (Å²) in [7, 11) is 0. The summed E-state index contributed by atoms with van der Waals surface area (Å²) in [4.78, 5) is 2.34. The van der Waals surface area contributed by atoms with E-state index in [0.29, 0.717) is 31.8 Å². The molecule has 2 N–H and O–H groups in total. The number of nitrogens with zero attached hydrogens (tertiary/aromatic N) is 1. The van der Waals surface area contributed by atoms with Crippen molar-refractivity contribution in [1.82, 2.24) is 4.90 Å². The van der Waals surface area contributed by atoms with Gasteiger partial charge in [0.15, 0.2) is 17.6 Å². The van der Waals surface area contributed by atoms with Gasteiger partial charge in [0.05, 0.1) is 24.2 Å². The Balaban J connectivity index is 1.61. The number of hydrogen-bond donors (Lipinski definition) is 2. The monoisotopic (exact) mass is 371 g/mol. The second kappa shape index (κ2) is 5.06. The van der Waals surface area contributed by atoms with Crippen molar-refractivity contribution in [3.8, 4) is 11.5 Å². The van der Waals surface area contributed by atoms with Gasteiger partial charge in [0.1, 0.15) is 0 Å². The molecule has 6 nitrogen and oxygen atoms in total. The number of benzene rings is 1. The molecule has 5 aliphatic rings. The normalized spacial score (nSPS) is 40.6. The Morgan fingerprint density at radius 1 is 1.22 bits per heavy atom. The van der Waals surface area contributed by atoms with Crippen molar-refractivity contribution in [3.63, 3.8) is 0 Å². The molecule has 3 aliphatic heterocycles. The zero-order chi connectivity index (χ0) is 18.4. The number of likely N-dealkylation sites (tertiary alicyclic amines) is 1. The molecule has 2 spiro atoms. The first-order valence-electron chi connectivity index (χ1n) is 9.93. The third-order valence-electron chi connectivity index (χ3n) is 7.72. The van der Waals surface area contributed by atoms with Gasteiger partial charge in [-0.2, -0.15) is 0 Å². The van der Waals surface area contributed by atoms with E-state index in [-0.39, 0.29) is 11.8 Å². The molecule has 2 aliphatic carbocycles. The number of rotatable bonds is 2. The van der Waals surface area contributed by atoms with Gasteiger partial charge in [-0.1, -0.05) is 12.1 Å². The Morgan fingerprint density at radius 3 is 2.81 bits per heavy atom. The Morgan fingerprint density at radius 2 is 2.04 bits per heavy atom. The van der Waals surface area contributed by atoms with Crippen molar-refractivity contribution in [2.45, 2.75) is 54.6 Å². The van der Waals surface area contributed by atoms with Crippen LogP contribution in [0, 0.1) is 0 Å². The number of phenolic OH excluding ortho intramolecular Hbond substituents is 1. The molecule has 0 radical (unpaired) electrons. The fourth-order valence-corrected chi connectivity index (χ4v) is 6.74. The average molecular weight is 371 g/mol. The fourth-order valence-electron chi connectivity index (χ4n) is 6.74. The molecule has 2 bridgehead atoms. The maximum Gasteiger partial charge on any atom is 0.207 e. The number of aliphatic hydroxyl groups is 1. The summed E-state index contributed by atoms with van der Waals surface area (Å²) in [5.74, 6) is -0.177. The van der Waals surface area contributed by atoms with Crippen LogP contribution in [0.1, 0.15) is 30.4 Å². The molecular weight excluding hydrogens is 346 g/mol. The van der Waals surface area contributed by atoms with E-state index >= 15 is 0 Å². The van der Waals surface area contributed by atoms with E-state index in [0.717, 1.165) is 37.1 Å². The Labute approximate surface area is 158 Å². The third-order valence-corrected chi connectivity index (χ3v) is 7.72. The van der Waals surface area contributed by atoms with Crippen LogP contribution in [0.15, 0.2) is 24.8 Å². The van der Waals surface area contributed by atoms with E-state index in [4.69, 9.17) is 14.2 Å². The zero-order valence-corrected chi connectivity index (χ0v) is 15.3. The summed E-state index contributed by atoms with van der Waals surface area (Å²) in [5.41, 5.74) is 0.594. The largest absolute Gasteiger partial charge is 0.504 e. The van der Waals surface area contributed by atoms with Crippen LogP contribution in [0.25, 0.3) is 0 Å². The molecule has 2 saturated heterocycles. The van der Waals surface area contributed by atoms with Gasteiger partial charge in [0.25, 0.3) is 0 Å². The van der Waals surface area contributed by atoms with Crippen LogP contribution in [0.3, 0.4) is 0 Å². The summed E-state index contributed by atoms with van der Waals surface area (Å²) < 4.78 is 18.6. The lowest BCUT2D eigenvalue weighted by Gasteiger charge is -2.65. The number of aromatic hydroxyl groups is 1. The molecule has 4 atom stereocenters. The minimum atomic E-state index is -0.939. The molecule has 3 fully saturated rings. The predicted molar refractivity (Wildman–Crippen MR) is 96.9 cm³/mol. The quantitative estimate of drug-likeness (QED) is 0.768. The molecule has 6 rings (SSSR count). The molecule has 6 heteroatoms. The summed E-state index contributed by atoms with van der Waals surface area (Å²) in [6.07, 6.45) is 4.16. The number of fused-ring (bicyclic) bond motifs is 1. The van der Waals surface area contributed by atoms with E-state index in [9.17, 15) is 10.2 Å². The smallest absolute Gasteiger partial charge is 0.207 e. The number of hydrogen-bond acceptors (Lipinski definition) is 6. The minimum absolute atomic E-state index is 0.00269. The van der Waals surface area contributed by atoms with E-state index < -0.39 is 22.9 Å². The van der Waals surface area contributed by atoms with Crippen LogP contribution in [0.5, 0.6) is 11.5 Å². The molecule has 1 unspecified atom stereocenters. The molecule has 0 aromatic heterocycles. The first kappa shape index (κ1) is 16.4. The van der Waals surface area contributed by atoms with E-state index in [1.807, 2.05) is 12.1 Å². The highest BCUT2D eigenvalue weighted by Gasteiger charge is 2.77. The standard InChI is InChI=1S/C21H25NO5/c1-2-8-22-9-7-19-16-13-3-4-14(23)17(16)27-18(19)21(25-10-11-26-21)6-5-20(19,24)15(22)12-13/h2-4,15,18,23-24H,1,5-12H2/t15-,18?,19+,20-/m1/s1. The first-order chi connectivity index (χ1) is 13.1. The van der Waals surface area contributed by atoms with Crippen LogP contribution in [0.4, 0.5) is 0 Å². The maximum atomic E-state index is 12.2. The van der Waals surface area contributed by atoms with Crippen LogP contribution < -0.4 is 4.74 Å². The predicted octanol–water partition coefficient (Wildman–Crippen LogP) is 1.48. The second-order valence-corrected chi connectivity index (χ2v) is 8.60.